The van der Waals surface area contributed by atoms with Gasteiger partial charge in [-0.15, -0.1) is 0 Å². The van der Waals surface area contributed by atoms with Crippen molar-refractivity contribution in [3.8, 4) is 0 Å². The highest BCUT2D eigenvalue weighted by Gasteiger charge is 2.10. The van der Waals surface area contributed by atoms with Crippen LogP contribution in [0.3, 0.4) is 0 Å². The number of nitrogens with zero attached hydrogens (tertiary/aromatic N) is 2. The Morgan fingerprint density at radius 2 is 1.83 bits per heavy atom. The van der Waals surface area contributed by atoms with Crippen molar-refractivity contribution in [2.24, 2.45) is 13.0 Å². The van der Waals surface area contributed by atoms with Crippen molar-refractivity contribution < 1.29 is 0 Å². The van der Waals surface area contributed by atoms with E-state index >= 15 is 0 Å². The molecule has 0 aliphatic rings. The molecule has 0 radical (unpaired) electrons. The first-order valence-electron chi connectivity index (χ1n) is 6.26. The summed E-state index contributed by atoms with van der Waals surface area (Å²) >= 11 is 3.62. The number of rotatable bonds is 5. The highest BCUT2D eigenvalue weighted by molar-refractivity contribution is 9.09. The van der Waals surface area contributed by atoms with Gasteiger partial charge >= 0.3 is 0 Å². The molecule has 1 heterocycles. The maximum atomic E-state index is 4.22. The second-order valence-corrected chi connectivity index (χ2v) is 5.58. The van der Waals surface area contributed by atoms with E-state index in [9.17, 15) is 0 Å². The minimum atomic E-state index is 0.622. The van der Waals surface area contributed by atoms with E-state index < -0.39 is 0 Å². The minimum Gasteiger partial charge on any atom is -0.276 e. The van der Waals surface area contributed by atoms with E-state index in [4.69, 9.17) is 0 Å². The molecule has 0 N–H and O–H groups in total. The van der Waals surface area contributed by atoms with Gasteiger partial charge in [-0.05, 0) is 36.8 Å². The van der Waals surface area contributed by atoms with Crippen molar-refractivity contribution >= 4 is 15.9 Å². The zero-order valence-corrected chi connectivity index (χ0v) is 12.5. The molecule has 1 atom stereocenters. The van der Waals surface area contributed by atoms with Gasteiger partial charge in [-0.1, -0.05) is 45.8 Å². The normalized spacial score (nSPS) is 12.6. The molecule has 2 nitrogen and oxygen atoms in total. The Bertz CT molecular complexity index is 487. The van der Waals surface area contributed by atoms with Gasteiger partial charge in [-0.2, -0.15) is 5.10 Å². The van der Waals surface area contributed by atoms with E-state index in [-0.39, 0.29) is 0 Å². The van der Waals surface area contributed by atoms with Crippen LogP contribution in [-0.4, -0.2) is 15.1 Å². The highest BCUT2D eigenvalue weighted by Crippen LogP contribution is 2.17. The first-order chi connectivity index (χ1) is 8.67. The summed E-state index contributed by atoms with van der Waals surface area (Å²) in [7, 11) is 1.96. The predicted octanol–water partition coefficient (Wildman–Crippen LogP) is 3.52. The molecule has 0 saturated carbocycles. The number of hydrogen-bond donors (Lipinski definition) is 0. The molecule has 0 saturated heterocycles. The summed E-state index contributed by atoms with van der Waals surface area (Å²) in [6, 6.07) is 8.83. The molecule has 96 valence electrons. The average Bonchev–Trinajstić information content (AvgIpc) is 2.77. The van der Waals surface area contributed by atoms with Crippen LogP contribution < -0.4 is 0 Å². The quantitative estimate of drug-likeness (QED) is 0.773. The van der Waals surface area contributed by atoms with E-state index in [0.29, 0.717) is 5.92 Å². The summed E-state index contributed by atoms with van der Waals surface area (Å²) in [6.07, 6.45) is 6.25. The van der Waals surface area contributed by atoms with Crippen molar-refractivity contribution in [1.29, 1.82) is 0 Å². The highest BCUT2D eigenvalue weighted by atomic mass is 79.9. The van der Waals surface area contributed by atoms with E-state index in [1.165, 1.54) is 16.7 Å². The smallest absolute Gasteiger partial charge is 0.0521 e. The van der Waals surface area contributed by atoms with E-state index in [0.717, 1.165) is 18.2 Å². The summed E-state index contributed by atoms with van der Waals surface area (Å²) in [5.41, 5.74) is 4.05. The molecule has 2 rings (SSSR count). The molecular formula is C15H19BrN2. The number of hydrogen-bond acceptors (Lipinski definition) is 1. The van der Waals surface area contributed by atoms with E-state index in [1.54, 1.807) is 0 Å². The van der Waals surface area contributed by atoms with E-state index in [1.807, 2.05) is 17.9 Å². The fourth-order valence-corrected chi connectivity index (χ4v) is 2.61. The molecule has 0 bridgehead atoms. The lowest BCUT2D eigenvalue weighted by molar-refractivity contribution is 0.591. The van der Waals surface area contributed by atoms with Crippen LogP contribution in [0.5, 0.6) is 0 Å². The fourth-order valence-electron chi connectivity index (χ4n) is 2.15. The maximum Gasteiger partial charge on any atom is 0.0521 e. The molecule has 0 aliphatic heterocycles. The Morgan fingerprint density at radius 3 is 2.39 bits per heavy atom. The summed E-state index contributed by atoms with van der Waals surface area (Å²) in [6.45, 7) is 2.13. The number of benzene rings is 1. The molecule has 1 unspecified atom stereocenters. The Kier molecular flexibility index (Phi) is 4.59. The van der Waals surface area contributed by atoms with Gasteiger partial charge in [0.15, 0.2) is 0 Å². The SMILES string of the molecule is Cc1ccc(CC(CBr)Cc2cnn(C)c2)cc1. The van der Waals surface area contributed by atoms with Crippen molar-refractivity contribution in [2.75, 3.05) is 5.33 Å². The molecule has 0 aliphatic carbocycles. The molecular weight excluding hydrogens is 288 g/mol. The van der Waals surface area contributed by atoms with Crippen LogP contribution in [0.25, 0.3) is 0 Å². The first kappa shape index (κ1) is 13.3. The molecule has 0 fully saturated rings. The van der Waals surface area contributed by atoms with Crippen LogP contribution in [-0.2, 0) is 19.9 Å². The molecule has 2 aromatic rings. The van der Waals surface area contributed by atoms with Crippen molar-refractivity contribution in [2.45, 2.75) is 19.8 Å². The average molecular weight is 307 g/mol. The number of aromatic nitrogens is 2. The lowest BCUT2D eigenvalue weighted by Gasteiger charge is -2.13. The predicted molar refractivity (Wildman–Crippen MR) is 79.1 cm³/mol. The number of aryl methyl sites for hydroxylation is 2. The zero-order chi connectivity index (χ0) is 13.0. The summed E-state index contributed by atoms with van der Waals surface area (Å²) in [4.78, 5) is 0. The van der Waals surface area contributed by atoms with E-state index in [2.05, 4.69) is 58.4 Å². The monoisotopic (exact) mass is 306 g/mol. The van der Waals surface area contributed by atoms with Crippen molar-refractivity contribution in [3.05, 3.63) is 53.3 Å². The van der Waals surface area contributed by atoms with Crippen molar-refractivity contribution in [3.63, 3.8) is 0 Å². The molecule has 3 heteroatoms. The van der Waals surface area contributed by atoms with Crippen LogP contribution >= 0.6 is 15.9 Å². The lowest BCUT2D eigenvalue weighted by atomic mass is 9.95. The Hall–Kier alpha value is -1.09. The summed E-state index contributed by atoms with van der Waals surface area (Å²) < 4.78 is 1.87. The second-order valence-electron chi connectivity index (χ2n) is 4.94. The van der Waals surface area contributed by atoms with Crippen LogP contribution in [0.2, 0.25) is 0 Å². The van der Waals surface area contributed by atoms with Crippen LogP contribution in [0.15, 0.2) is 36.7 Å². The van der Waals surface area contributed by atoms with Gasteiger partial charge in [-0.25, -0.2) is 0 Å². The number of halogens is 1. The largest absolute Gasteiger partial charge is 0.276 e. The van der Waals surface area contributed by atoms with Gasteiger partial charge in [0, 0.05) is 18.6 Å². The van der Waals surface area contributed by atoms with Crippen LogP contribution in [0.4, 0.5) is 0 Å². The van der Waals surface area contributed by atoms with Gasteiger partial charge in [0.1, 0.15) is 0 Å². The zero-order valence-electron chi connectivity index (χ0n) is 10.9. The Morgan fingerprint density at radius 1 is 1.17 bits per heavy atom. The van der Waals surface area contributed by atoms with Gasteiger partial charge < -0.3 is 0 Å². The van der Waals surface area contributed by atoms with Gasteiger partial charge in [0.05, 0.1) is 6.20 Å². The minimum absolute atomic E-state index is 0.622. The van der Waals surface area contributed by atoms with Crippen LogP contribution in [0, 0.1) is 12.8 Å². The third kappa shape index (κ3) is 3.70. The Balaban J connectivity index is 1.99. The summed E-state index contributed by atoms with van der Waals surface area (Å²) in [5.74, 6) is 0.622. The number of alkyl halides is 1. The Labute approximate surface area is 117 Å². The van der Waals surface area contributed by atoms with Gasteiger partial charge in [0.2, 0.25) is 0 Å². The van der Waals surface area contributed by atoms with Gasteiger partial charge in [0.25, 0.3) is 0 Å². The van der Waals surface area contributed by atoms with Crippen LogP contribution in [0.1, 0.15) is 16.7 Å². The third-order valence-electron chi connectivity index (χ3n) is 3.15. The second kappa shape index (κ2) is 6.19. The standard InChI is InChI=1S/C15H19BrN2/c1-12-3-5-13(6-4-12)7-14(9-16)8-15-10-17-18(2)11-15/h3-6,10-11,14H,7-9H2,1-2H3. The van der Waals surface area contributed by atoms with Gasteiger partial charge in [-0.3, -0.25) is 4.68 Å². The molecule has 0 amide bonds. The fraction of sp³-hybridized carbons (Fsp3) is 0.400. The first-order valence-corrected chi connectivity index (χ1v) is 7.38. The molecule has 1 aromatic carbocycles. The summed E-state index contributed by atoms with van der Waals surface area (Å²) in [5, 5.41) is 5.25. The lowest BCUT2D eigenvalue weighted by Crippen LogP contribution is -2.09. The maximum absolute atomic E-state index is 4.22. The topological polar surface area (TPSA) is 17.8 Å². The molecule has 1 aromatic heterocycles. The third-order valence-corrected chi connectivity index (χ3v) is 4.06. The molecule has 18 heavy (non-hydrogen) atoms. The molecule has 0 spiro atoms. The van der Waals surface area contributed by atoms with Crippen molar-refractivity contribution in [1.82, 2.24) is 9.78 Å².